The van der Waals surface area contributed by atoms with Gasteiger partial charge in [0.15, 0.2) is 5.16 Å². The third-order valence-electron chi connectivity index (χ3n) is 5.15. The fourth-order valence-electron chi connectivity index (χ4n) is 3.45. The first-order valence-corrected chi connectivity index (χ1v) is 10.9. The average molecular weight is 457 g/mol. The van der Waals surface area contributed by atoms with Gasteiger partial charge in [-0.05, 0) is 29.8 Å². The molecule has 1 amide bonds. The number of carbonyl (C=O) groups excluding carboxylic acids is 1. The van der Waals surface area contributed by atoms with Crippen LogP contribution in [0, 0.1) is 0 Å². The summed E-state index contributed by atoms with van der Waals surface area (Å²) in [5, 5.41) is 4.76. The molecule has 4 rings (SSSR count). The number of rotatable bonds is 6. The highest BCUT2D eigenvalue weighted by Crippen LogP contribution is 2.29. The van der Waals surface area contributed by atoms with E-state index < -0.39 is 0 Å². The molecule has 0 radical (unpaired) electrons. The number of thioether (sulfide) groups is 1. The molecule has 2 heterocycles. The number of carbonyl (C=O) groups is 1. The number of hydrogen-bond donors (Lipinski definition) is 1. The lowest BCUT2D eigenvalue weighted by Gasteiger charge is -2.09. The van der Waals surface area contributed by atoms with Crippen LogP contribution in [0.15, 0.2) is 52.4 Å². The lowest BCUT2D eigenvalue weighted by atomic mass is 10.2. The number of fused-ring (bicyclic) bond motifs is 3. The second kappa shape index (κ2) is 8.64. The number of hydrogen-bond acceptors (Lipinski definition) is 5. The minimum Gasteiger partial charge on any atom is -0.497 e. The second-order valence-electron chi connectivity index (χ2n) is 7.05. The number of benzene rings is 2. The first-order valence-electron chi connectivity index (χ1n) is 9.56. The smallest absolute Gasteiger partial charge is 0.278 e. The van der Waals surface area contributed by atoms with Crippen LogP contribution < -0.4 is 15.6 Å². The number of halogens is 1. The lowest BCUT2D eigenvalue weighted by molar-refractivity contribution is -0.118. The van der Waals surface area contributed by atoms with Gasteiger partial charge in [0.2, 0.25) is 5.91 Å². The van der Waals surface area contributed by atoms with Crippen LogP contribution in [-0.4, -0.2) is 32.9 Å². The first-order chi connectivity index (χ1) is 14.9. The molecule has 31 heavy (non-hydrogen) atoms. The van der Waals surface area contributed by atoms with Gasteiger partial charge in [-0.1, -0.05) is 41.6 Å². The minimum absolute atomic E-state index is 0.129. The molecule has 160 valence electrons. The molecule has 2 aromatic carbocycles. The van der Waals surface area contributed by atoms with E-state index in [2.05, 4.69) is 5.32 Å². The van der Waals surface area contributed by atoms with Crippen molar-refractivity contribution in [3.8, 4) is 5.75 Å². The predicted octanol–water partition coefficient (Wildman–Crippen LogP) is 3.50. The Morgan fingerprint density at radius 1 is 1.19 bits per heavy atom. The Labute approximate surface area is 188 Å². The van der Waals surface area contributed by atoms with Gasteiger partial charge in [0.05, 0.1) is 18.4 Å². The van der Waals surface area contributed by atoms with Crippen molar-refractivity contribution in [3.63, 3.8) is 0 Å². The average Bonchev–Trinajstić information content (AvgIpc) is 3.05. The van der Waals surface area contributed by atoms with Gasteiger partial charge < -0.3 is 14.6 Å². The summed E-state index contributed by atoms with van der Waals surface area (Å²) in [6.07, 6.45) is 0. The number of methoxy groups -OCH3 is 1. The standard InChI is InChI=1S/C22H21ClN4O3S/c1-26-17-9-8-14(30-3)10-15(17)19-20(26)21(29)27(2)22(25-19)31-12-18(28)24-11-13-6-4-5-7-16(13)23/h4-10H,11-12H2,1-3H3,(H,24,28). The van der Waals surface area contributed by atoms with Gasteiger partial charge >= 0.3 is 0 Å². The minimum atomic E-state index is -0.168. The summed E-state index contributed by atoms with van der Waals surface area (Å²) in [4.78, 5) is 30.1. The molecule has 7 nitrogen and oxygen atoms in total. The van der Waals surface area contributed by atoms with Crippen molar-refractivity contribution in [2.75, 3.05) is 12.9 Å². The fraction of sp³-hybridized carbons (Fsp3) is 0.227. The normalized spacial score (nSPS) is 11.2. The maximum absolute atomic E-state index is 13.0. The molecule has 0 saturated carbocycles. The Kier molecular flexibility index (Phi) is 5.93. The molecule has 0 saturated heterocycles. The largest absolute Gasteiger partial charge is 0.497 e. The van der Waals surface area contributed by atoms with Gasteiger partial charge in [-0.3, -0.25) is 14.2 Å². The summed E-state index contributed by atoms with van der Waals surface area (Å²) in [5.41, 5.74) is 2.68. The summed E-state index contributed by atoms with van der Waals surface area (Å²) >= 11 is 7.35. The topological polar surface area (TPSA) is 78.2 Å². The maximum Gasteiger partial charge on any atom is 0.278 e. The Balaban J connectivity index is 1.60. The van der Waals surface area contributed by atoms with Crippen molar-refractivity contribution in [2.24, 2.45) is 14.1 Å². The zero-order chi connectivity index (χ0) is 22.1. The third-order valence-corrected chi connectivity index (χ3v) is 6.55. The van der Waals surface area contributed by atoms with Crippen molar-refractivity contribution in [3.05, 3.63) is 63.4 Å². The molecule has 2 aromatic heterocycles. The van der Waals surface area contributed by atoms with Crippen molar-refractivity contribution < 1.29 is 9.53 Å². The monoisotopic (exact) mass is 456 g/mol. The number of ether oxygens (including phenoxy) is 1. The van der Waals surface area contributed by atoms with E-state index in [1.165, 1.54) is 16.3 Å². The van der Waals surface area contributed by atoms with Gasteiger partial charge in [-0.25, -0.2) is 4.98 Å². The third kappa shape index (κ3) is 4.00. The molecular formula is C22H21ClN4O3S. The van der Waals surface area contributed by atoms with Crippen LogP contribution in [0.1, 0.15) is 5.56 Å². The van der Waals surface area contributed by atoms with E-state index in [-0.39, 0.29) is 17.2 Å². The van der Waals surface area contributed by atoms with Crippen molar-refractivity contribution in [1.29, 1.82) is 0 Å². The van der Waals surface area contributed by atoms with E-state index in [9.17, 15) is 9.59 Å². The molecular weight excluding hydrogens is 436 g/mol. The molecule has 0 aliphatic rings. The van der Waals surface area contributed by atoms with Crippen LogP contribution in [0.5, 0.6) is 5.75 Å². The quantitative estimate of drug-likeness (QED) is 0.355. The van der Waals surface area contributed by atoms with Gasteiger partial charge in [0.1, 0.15) is 16.8 Å². The van der Waals surface area contributed by atoms with E-state index in [1.54, 1.807) is 20.2 Å². The van der Waals surface area contributed by atoms with E-state index in [0.717, 1.165) is 16.5 Å². The Morgan fingerprint density at radius 2 is 1.97 bits per heavy atom. The molecule has 0 bridgehead atoms. The van der Waals surface area contributed by atoms with Crippen LogP contribution in [0.25, 0.3) is 21.9 Å². The van der Waals surface area contributed by atoms with Gasteiger partial charge in [-0.15, -0.1) is 0 Å². The Morgan fingerprint density at radius 3 is 2.71 bits per heavy atom. The molecule has 9 heteroatoms. The van der Waals surface area contributed by atoms with E-state index in [4.69, 9.17) is 21.3 Å². The maximum atomic E-state index is 13.0. The van der Waals surface area contributed by atoms with E-state index in [1.807, 2.05) is 48.0 Å². The summed E-state index contributed by atoms with van der Waals surface area (Å²) in [7, 11) is 5.10. The molecule has 0 aliphatic heterocycles. The van der Waals surface area contributed by atoms with Gasteiger partial charge in [-0.2, -0.15) is 0 Å². The van der Waals surface area contributed by atoms with Crippen LogP contribution in [0.2, 0.25) is 5.02 Å². The summed E-state index contributed by atoms with van der Waals surface area (Å²) in [6, 6.07) is 13.0. The van der Waals surface area contributed by atoms with Gasteiger partial charge in [0, 0.05) is 31.0 Å². The highest BCUT2D eigenvalue weighted by molar-refractivity contribution is 7.99. The number of amides is 1. The van der Waals surface area contributed by atoms with Crippen LogP contribution >= 0.6 is 23.4 Å². The molecule has 0 unspecified atom stereocenters. The molecule has 0 aliphatic carbocycles. The van der Waals surface area contributed by atoms with Crippen molar-refractivity contribution >= 4 is 51.2 Å². The SMILES string of the molecule is COc1ccc2c(c1)c1nc(SCC(=O)NCc3ccccc3Cl)n(C)c(=O)c1n2C. The van der Waals surface area contributed by atoms with E-state index in [0.29, 0.717) is 33.5 Å². The van der Waals surface area contributed by atoms with Crippen LogP contribution in [-0.2, 0) is 25.4 Å². The lowest BCUT2D eigenvalue weighted by Crippen LogP contribution is -2.26. The Bertz CT molecular complexity index is 1360. The zero-order valence-electron chi connectivity index (χ0n) is 17.3. The molecule has 0 spiro atoms. The van der Waals surface area contributed by atoms with Gasteiger partial charge in [0.25, 0.3) is 5.56 Å². The second-order valence-corrected chi connectivity index (χ2v) is 8.40. The zero-order valence-corrected chi connectivity index (χ0v) is 18.9. The molecule has 4 aromatic rings. The fourth-order valence-corrected chi connectivity index (χ4v) is 4.45. The number of nitrogens with zero attached hydrogens (tertiary/aromatic N) is 3. The first kappa shape index (κ1) is 21.3. The van der Waals surface area contributed by atoms with Crippen LogP contribution in [0.4, 0.5) is 0 Å². The van der Waals surface area contributed by atoms with E-state index >= 15 is 0 Å². The molecule has 0 fully saturated rings. The molecule has 0 atom stereocenters. The van der Waals surface area contributed by atoms with Crippen LogP contribution in [0.3, 0.4) is 0 Å². The predicted molar refractivity (Wildman–Crippen MR) is 124 cm³/mol. The van der Waals surface area contributed by atoms with Crippen molar-refractivity contribution in [1.82, 2.24) is 19.4 Å². The number of aryl methyl sites for hydroxylation is 1. The number of nitrogens with one attached hydrogen (secondary N) is 1. The van der Waals surface area contributed by atoms with Crippen molar-refractivity contribution in [2.45, 2.75) is 11.7 Å². The summed E-state index contributed by atoms with van der Waals surface area (Å²) < 4.78 is 8.64. The number of aromatic nitrogens is 3. The highest BCUT2D eigenvalue weighted by atomic mass is 35.5. The Hall–Kier alpha value is -2.97. The summed E-state index contributed by atoms with van der Waals surface area (Å²) in [5.74, 6) is 0.652. The highest BCUT2D eigenvalue weighted by Gasteiger charge is 2.18. The summed E-state index contributed by atoms with van der Waals surface area (Å²) in [6.45, 7) is 0.341. The molecule has 1 N–H and O–H groups in total.